The topological polar surface area (TPSA) is 89.4 Å². The van der Waals surface area contributed by atoms with E-state index in [1.54, 1.807) is 0 Å². The second-order valence-corrected chi connectivity index (χ2v) is 6.38. The van der Waals surface area contributed by atoms with Crippen LogP contribution in [0.25, 0.3) is 0 Å². The summed E-state index contributed by atoms with van der Waals surface area (Å²) in [7, 11) is 0. The number of piperidine rings is 1. The average Bonchev–Trinajstić information content (AvgIpc) is 2.48. The molecule has 2 fully saturated rings. The third-order valence-corrected chi connectivity index (χ3v) is 5.01. The van der Waals surface area contributed by atoms with Crippen molar-refractivity contribution in [2.24, 2.45) is 29.2 Å². The largest absolute Gasteiger partial charge is 0.369 e. The van der Waals surface area contributed by atoms with Crippen LogP contribution < -0.4 is 11.5 Å². The fraction of sp³-hybridized carbons (Fsp3) is 0.867. The molecule has 4 N–H and O–H groups in total. The fourth-order valence-corrected chi connectivity index (χ4v) is 3.46. The number of rotatable bonds is 4. The van der Waals surface area contributed by atoms with Crippen molar-refractivity contribution in [3.63, 3.8) is 0 Å². The average molecular weight is 281 g/mol. The van der Waals surface area contributed by atoms with Gasteiger partial charge in [0.05, 0.1) is 0 Å². The minimum Gasteiger partial charge on any atom is -0.369 e. The number of hydrogen-bond donors (Lipinski definition) is 2. The van der Waals surface area contributed by atoms with Gasteiger partial charge in [0.25, 0.3) is 0 Å². The second-order valence-electron chi connectivity index (χ2n) is 6.38. The minimum absolute atomic E-state index is 0.0426. The number of hydrogen-bond acceptors (Lipinski definition) is 3. The van der Waals surface area contributed by atoms with Crippen molar-refractivity contribution < 1.29 is 9.59 Å². The Morgan fingerprint density at radius 3 is 2.00 bits per heavy atom. The van der Waals surface area contributed by atoms with Crippen molar-refractivity contribution >= 4 is 11.8 Å². The lowest BCUT2D eigenvalue weighted by molar-refractivity contribution is -0.136. The predicted molar refractivity (Wildman–Crippen MR) is 77.6 cm³/mol. The van der Waals surface area contributed by atoms with Crippen molar-refractivity contribution in [2.75, 3.05) is 19.6 Å². The highest BCUT2D eigenvalue weighted by atomic mass is 16.2. The number of amides is 2. The standard InChI is InChI=1S/C15H27N3O2/c16-10-12-3-1-11(2-4-12)9-14(19)18-7-5-13(6-8-18)15(17)20/h11-13H,1-10,16H2,(H2,17,20). The second kappa shape index (κ2) is 7.07. The van der Waals surface area contributed by atoms with Gasteiger partial charge in [0.1, 0.15) is 0 Å². The maximum absolute atomic E-state index is 12.3. The highest BCUT2D eigenvalue weighted by molar-refractivity contribution is 5.79. The number of nitrogens with zero attached hydrogens (tertiary/aromatic N) is 1. The molecule has 0 aromatic carbocycles. The van der Waals surface area contributed by atoms with Crippen molar-refractivity contribution in [2.45, 2.75) is 44.9 Å². The Morgan fingerprint density at radius 2 is 1.50 bits per heavy atom. The van der Waals surface area contributed by atoms with Gasteiger partial charge in [-0.15, -0.1) is 0 Å². The van der Waals surface area contributed by atoms with Gasteiger partial charge in [-0.25, -0.2) is 0 Å². The van der Waals surface area contributed by atoms with E-state index in [4.69, 9.17) is 11.5 Å². The Balaban J connectivity index is 1.72. The molecule has 1 aliphatic carbocycles. The molecule has 0 bridgehead atoms. The van der Waals surface area contributed by atoms with E-state index in [-0.39, 0.29) is 17.7 Å². The van der Waals surface area contributed by atoms with Crippen LogP contribution in [0.3, 0.4) is 0 Å². The van der Waals surface area contributed by atoms with Crippen LogP contribution in [-0.4, -0.2) is 36.3 Å². The van der Waals surface area contributed by atoms with Gasteiger partial charge in [-0.2, -0.15) is 0 Å². The molecular weight excluding hydrogens is 254 g/mol. The summed E-state index contributed by atoms with van der Waals surface area (Å²) in [4.78, 5) is 25.3. The smallest absolute Gasteiger partial charge is 0.222 e. The molecule has 1 heterocycles. The first-order valence-corrected chi connectivity index (χ1v) is 7.87. The summed E-state index contributed by atoms with van der Waals surface area (Å²) >= 11 is 0. The van der Waals surface area contributed by atoms with Crippen LogP contribution in [0.2, 0.25) is 0 Å². The number of carbonyl (C=O) groups is 2. The molecule has 0 spiro atoms. The van der Waals surface area contributed by atoms with Gasteiger partial charge in [-0.05, 0) is 56.9 Å². The summed E-state index contributed by atoms with van der Waals surface area (Å²) in [5.41, 5.74) is 11.0. The Labute approximate surface area is 121 Å². The Morgan fingerprint density at radius 1 is 0.950 bits per heavy atom. The summed E-state index contributed by atoms with van der Waals surface area (Å²) in [6.45, 7) is 2.15. The first-order valence-electron chi connectivity index (χ1n) is 7.87. The highest BCUT2D eigenvalue weighted by Gasteiger charge is 2.28. The quantitative estimate of drug-likeness (QED) is 0.801. The number of carbonyl (C=O) groups excluding carboxylic acids is 2. The monoisotopic (exact) mass is 281 g/mol. The molecule has 5 heteroatoms. The van der Waals surface area contributed by atoms with Crippen LogP contribution in [0.5, 0.6) is 0 Å². The number of primary amides is 1. The molecule has 0 radical (unpaired) electrons. The molecule has 1 saturated heterocycles. The van der Waals surface area contributed by atoms with Crippen LogP contribution in [0.4, 0.5) is 0 Å². The zero-order chi connectivity index (χ0) is 14.5. The minimum atomic E-state index is -0.225. The lowest BCUT2D eigenvalue weighted by Gasteiger charge is -2.33. The highest BCUT2D eigenvalue weighted by Crippen LogP contribution is 2.31. The number of likely N-dealkylation sites (tertiary alicyclic amines) is 1. The van der Waals surface area contributed by atoms with E-state index in [1.165, 1.54) is 0 Å². The third kappa shape index (κ3) is 3.95. The van der Waals surface area contributed by atoms with Gasteiger partial charge in [0.2, 0.25) is 11.8 Å². The van der Waals surface area contributed by atoms with Gasteiger partial charge in [0, 0.05) is 25.4 Å². The molecule has 5 nitrogen and oxygen atoms in total. The normalized spacial score (nSPS) is 28.4. The van der Waals surface area contributed by atoms with Crippen molar-refractivity contribution in [1.29, 1.82) is 0 Å². The Kier molecular flexibility index (Phi) is 5.40. The maximum atomic E-state index is 12.3. The van der Waals surface area contributed by atoms with E-state index in [0.29, 0.717) is 31.3 Å². The Hall–Kier alpha value is -1.10. The molecule has 0 atom stereocenters. The SMILES string of the molecule is NCC1CCC(CC(=O)N2CCC(C(N)=O)CC2)CC1. The molecule has 2 rings (SSSR count). The lowest BCUT2D eigenvalue weighted by Crippen LogP contribution is -2.42. The van der Waals surface area contributed by atoms with Gasteiger partial charge < -0.3 is 16.4 Å². The zero-order valence-corrected chi connectivity index (χ0v) is 12.2. The van der Waals surface area contributed by atoms with E-state index < -0.39 is 0 Å². The molecule has 0 aromatic rings. The van der Waals surface area contributed by atoms with Crippen molar-refractivity contribution in [1.82, 2.24) is 4.90 Å². The molecule has 2 aliphatic rings. The molecule has 1 saturated carbocycles. The van der Waals surface area contributed by atoms with Crippen molar-refractivity contribution in [3.05, 3.63) is 0 Å². The number of nitrogens with two attached hydrogens (primary N) is 2. The van der Waals surface area contributed by atoms with Gasteiger partial charge >= 0.3 is 0 Å². The van der Waals surface area contributed by atoms with Crippen LogP contribution >= 0.6 is 0 Å². The van der Waals surface area contributed by atoms with Gasteiger partial charge in [-0.1, -0.05) is 0 Å². The molecule has 0 unspecified atom stereocenters. The summed E-state index contributed by atoms with van der Waals surface area (Å²) in [6, 6.07) is 0. The molecule has 2 amide bonds. The molecular formula is C15H27N3O2. The zero-order valence-electron chi connectivity index (χ0n) is 12.2. The molecule has 0 aromatic heterocycles. The summed E-state index contributed by atoms with van der Waals surface area (Å²) in [5.74, 6) is 1.17. The first kappa shape index (κ1) is 15.3. The van der Waals surface area contributed by atoms with E-state index in [2.05, 4.69) is 0 Å². The van der Waals surface area contributed by atoms with Crippen molar-refractivity contribution in [3.8, 4) is 0 Å². The van der Waals surface area contributed by atoms with Crippen LogP contribution in [-0.2, 0) is 9.59 Å². The lowest BCUT2D eigenvalue weighted by atomic mass is 9.80. The molecule has 114 valence electrons. The maximum Gasteiger partial charge on any atom is 0.222 e. The Bertz CT molecular complexity index is 343. The van der Waals surface area contributed by atoms with E-state index in [1.807, 2.05) is 4.90 Å². The molecule has 1 aliphatic heterocycles. The van der Waals surface area contributed by atoms with Crippen LogP contribution in [0, 0.1) is 17.8 Å². The van der Waals surface area contributed by atoms with Gasteiger partial charge in [-0.3, -0.25) is 9.59 Å². The predicted octanol–water partition coefficient (Wildman–Crippen LogP) is 0.866. The van der Waals surface area contributed by atoms with E-state index >= 15 is 0 Å². The van der Waals surface area contributed by atoms with E-state index in [0.717, 1.165) is 45.1 Å². The fourth-order valence-electron chi connectivity index (χ4n) is 3.46. The third-order valence-electron chi connectivity index (χ3n) is 5.01. The van der Waals surface area contributed by atoms with E-state index in [9.17, 15) is 9.59 Å². The molecule has 20 heavy (non-hydrogen) atoms. The summed E-state index contributed by atoms with van der Waals surface area (Å²) in [5, 5.41) is 0. The first-order chi connectivity index (χ1) is 9.60. The van der Waals surface area contributed by atoms with Crippen LogP contribution in [0.15, 0.2) is 0 Å². The van der Waals surface area contributed by atoms with Crippen LogP contribution in [0.1, 0.15) is 44.9 Å². The summed E-state index contributed by atoms with van der Waals surface area (Å²) < 4.78 is 0. The summed E-state index contributed by atoms with van der Waals surface area (Å²) in [6.07, 6.45) is 6.70. The van der Waals surface area contributed by atoms with Gasteiger partial charge in [0.15, 0.2) is 0 Å².